The Hall–Kier alpha value is -4.14. The van der Waals surface area contributed by atoms with Crippen LogP contribution in [-0.2, 0) is 6.54 Å². The monoisotopic (exact) mass is 409 g/mol. The van der Waals surface area contributed by atoms with Gasteiger partial charge < -0.3 is 19.7 Å². The fourth-order valence-corrected chi connectivity index (χ4v) is 2.89. The summed E-state index contributed by atoms with van der Waals surface area (Å²) in [7, 11) is 2.89. The molecule has 3 aromatic rings. The zero-order chi connectivity index (χ0) is 21.8. The topological polar surface area (TPSA) is 123 Å². The SMILES string of the molecule is C=CCn1c(O)c2ccc(C(=O)N=NC(=O)c3cc(OC)cc(OC)c3)cc2c1O. The predicted octanol–water partition coefficient (Wildman–Crippen LogP) is 3.69. The van der Waals surface area contributed by atoms with E-state index < -0.39 is 11.8 Å². The van der Waals surface area contributed by atoms with Crippen LogP contribution in [0.1, 0.15) is 20.7 Å². The molecule has 2 amide bonds. The van der Waals surface area contributed by atoms with Crippen LogP contribution in [0.5, 0.6) is 23.3 Å². The number of benzene rings is 2. The molecule has 0 aliphatic rings. The number of allylic oxidation sites excluding steroid dienone is 1. The van der Waals surface area contributed by atoms with E-state index in [1.807, 2.05) is 0 Å². The number of aromatic nitrogens is 1. The molecule has 1 aromatic heterocycles. The van der Waals surface area contributed by atoms with Gasteiger partial charge >= 0.3 is 0 Å². The van der Waals surface area contributed by atoms with Crippen molar-refractivity contribution < 1.29 is 29.3 Å². The summed E-state index contributed by atoms with van der Waals surface area (Å²) in [6.45, 7) is 3.76. The van der Waals surface area contributed by atoms with E-state index in [1.165, 1.54) is 55.2 Å². The van der Waals surface area contributed by atoms with Gasteiger partial charge in [0.25, 0.3) is 11.8 Å². The van der Waals surface area contributed by atoms with Crippen LogP contribution >= 0.6 is 0 Å². The quantitative estimate of drug-likeness (QED) is 0.473. The number of rotatable bonds is 6. The van der Waals surface area contributed by atoms with Crippen LogP contribution in [0.25, 0.3) is 10.8 Å². The molecule has 2 N–H and O–H groups in total. The zero-order valence-corrected chi connectivity index (χ0v) is 16.3. The second-order valence-electron chi connectivity index (χ2n) is 6.22. The van der Waals surface area contributed by atoms with Crippen LogP contribution < -0.4 is 9.47 Å². The van der Waals surface area contributed by atoms with Gasteiger partial charge in [-0.2, -0.15) is 0 Å². The molecule has 2 aromatic carbocycles. The van der Waals surface area contributed by atoms with Crippen molar-refractivity contribution in [2.45, 2.75) is 6.54 Å². The van der Waals surface area contributed by atoms with Gasteiger partial charge in [0, 0.05) is 28.9 Å². The summed E-state index contributed by atoms with van der Waals surface area (Å²) < 4.78 is 11.4. The molecule has 0 spiro atoms. The van der Waals surface area contributed by atoms with Gasteiger partial charge in [-0.05, 0) is 30.3 Å². The summed E-state index contributed by atoms with van der Waals surface area (Å²) in [5, 5.41) is 28.0. The summed E-state index contributed by atoms with van der Waals surface area (Å²) >= 11 is 0. The van der Waals surface area contributed by atoms with Crippen molar-refractivity contribution in [2.75, 3.05) is 14.2 Å². The van der Waals surface area contributed by atoms with Gasteiger partial charge in [0.05, 0.1) is 19.8 Å². The highest BCUT2D eigenvalue weighted by Gasteiger charge is 2.17. The number of carbonyl (C=O) groups excluding carboxylic acids is 2. The molecule has 9 heteroatoms. The van der Waals surface area contributed by atoms with Crippen LogP contribution in [-0.4, -0.2) is 40.8 Å². The highest BCUT2D eigenvalue weighted by Crippen LogP contribution is 2.36. The second kappa shape index (κ2) is 8.48. The lowest BCUT2D eigenvalue weighted by atomic mass is 10.1. The summed E-state index contributed by atoms with van der Waals surface area (Å²) in [5.74, 6) is -1.11. The maximum Gasteiger partial charge on any atom is 0.295 e. The molecule has 0 atom stereocenters. The van der Waals surface area contributed by atoms with Crippen molar-refractivity contribution >= 4 is 22.6 Å². The Morgan fingerprint density at radius 1 is 0.933 bits per heavy atom. The molecule has 30 heavy (non-hydrogen) atoms. The van der Waals surface area contributed by atoms with Crippen molar-refractivity contribution in [2.24, 2.45) is 10.2 Å². The van der Waals surface area contributed by atoms with Gasteiger partial charge in [-0.25, -0.2) is 0 Å². The summed E-state index contributed by atoms with van der Waals surface area (Å²) in [6, 6.07) is 8.74. The number of aromatic hydroxyl groups is 2. The molecule has 3 rings (SSSR count). The Morgan fingerprint density at radius 3 is 2.07 bits per heavy atom. The van der Waals surface area contributed by atoms with Crippen LogP contribution in [0, 0.1) is 0 Å². The van der Waals surface area contributed by atoms with Crippen LogP contribution in [0.3, 0.4) is 0 Å². The van der Waals surface area contributed by atoms with Crippen molar-refractivity contribution in [1.29, 1.82) is 0 Å². The first-order valence-corrected chi connectivity index (χ1v) is 8.78. The number of hydrogen-bond acceptors (Lipinski definition) is 6. The Bertz CT molecular complexity index is 1160. The van der Waals surface area contributed by atoms with Crippen molar-refractivity contribution in [3.05, 3.63) is 60.2 Å². The zero-order valence-electron chi connectivity index (χ0n) is 16.3. The van der Waals surface area contributed by atoms with Gasteiger partial charge in [0.2, 0.25) is 11.8 Å². The standard InChI is InChI=1S/C21H19N3O6/c1-4-7-24-20(27)16-6-5-12(10-17(16)21(24)28)18(25)22-23-19(26)13-8-14(29-2)11-15(9-13)30-3/h4-6,8-11,27-28H,1,7H2,2-3H3. The Morgan fingerprint density at radius 2 is 1.50 bits per heavy atom. The Labute approximate surface area is 171 Å². The van der Waals surface area contributed by atoms with E-state index in [0.717, 1.165) is 0 Å². The van der Waals surface area contributed by atoms with E-state index >= 15 is 0 Å². The van der Waals surface area contributed by atoms with Gasteiger partial charge in [0.1, 0.15) is 11.5 Å². The smallest absolute Gasteiger partial charge is 0.295 e. The first-order chi connectivity index (χ1) is 14.4. The maximum atomic E-state index is 12.4. The lowest BCUT2D eigenvalue weighted by Gasteiger charge is -2.05. The van der Waals surface area contributed by atoms with E-state index in [4.69, 9.17) is 9.47 Å². The lowest BCUT2D eigenvalue weighted by Crippen LogP contribution is -1.99. The van der Waals surface area contributed by atoms with Crippen LogP contribution in [0.2, 0.25) is 0 Å². The number of fused-ring (bicyclic) bond motifs is 1. The minimum absolute atomic E-state index is 0.0910. The lowest BCUT2D eigenvalue weighted by molar-refractivity contribution is 0.0946. The third-order valence-corrected chi connectivity index (χ3v) is 4.40. The number of ether oxygens (including phenoxy) is 2. The fourth-order valence-electron chi connectivity index (χ4n) is 2.89. The minimum Gasteiger partial charge on any atom is -0.497 e. The molecule has 0 saturated heterocycles. The summed E-state index contributed by atoms with van der Waals surface area (Å²) in [6.07, 6.45) is 1.51. The number of methoxy groups -OCH3 is 2. The number of nitrogens with zero attached hydrogens (tertiary/aromatic N) is 3. The highest BCUT2D eigenvalue weighted by molar-refractivity contribution is 6.03. The largest absolute Gasteiger partial charge is 0.497 e. The first kappa shape index (κ1) is 20.6. The van der Waals surface area contributed by atoms with Gasteiger partial charge in [0.15, 0.2) is 0 Å². The normalized spacial score (nSPS) is 11.0. The molecule has 0 saturated carbocycles. The number of azo groups is 1. The average Bonchev–Trinajstić information content (AvgIpc) is 3.01. The minimum atomic E-state index is -0.782. The molecule has 0 bridgehead atoms. The third-order valence-electron chi connectivity index (χ3n) is 4.40. The van der Waals surface area contributed by atoms with Crippen LogP contribution in [0.4, 0.5) is 0 Å². The molecule has 0 aliphatic heterocycles. The molecule has 9 nitrogen and oxygen atoms in total. The maximum absolute atomic E-state index is 12.4. The second-order valence-corrected chi connectivity index (χ2v) is 6.22. The molecular formula is C21H19N3O6. The van der Waals surface area contributed by atoms with E-state index in [-0.39, 0.29) is 34.8 Å². The fraction of sp³-hybridized carbons (Fsp3) is 0.143. The van der Waals surface area contributed by atoms with Gasteiger partial charge in [-0.15, -0.1) is 16.8 Å². The molecular weight excluding hydrogens is 390 g/mol. The summed E-state index contributed by atoms with van der Waals surface area (Å²) in [5.41, 5.74) is 0.232. The highest BCUT2D eigenvalue weighted by atomic mass is 16.5. The van der Waals surface area contributed by atoms with Gasteiger partial charge in [-0.3, -0.25) is 14.2 Å². The molecule has 154 valence electrons. The number of hydrogen-bond donors (Lipinski definition) is 2. The molecule has 0 aliphatic carbocycles. The molecule has 1 heterocycles. The number of amides is 2. The van der Waals surface area contributed by atoms with Gasteiger partial charge in [-0.1, -0.05) is 6.08 Å². The van der Waals surface area contributed by atoms with E-state index in [9.17, 15) is 19.8 Å². The Balaban J connectivity index is 1.87. The summed E-state index contributed by atoms with van der Waals surface area (Å²) in [4.78, 5) is 24.7. The van der Waals surface area contributed by atoms with E-state index in [0.29, 0.717) is 16.9 Å². The van der Waals surface area contributed by atoms with Crippen molar-refractivity contribution in [3.63, 3.8) is 0 Å². The van der Waals surface area contributed by atoms with E-state index in [2.05, 4.69) is 16.8 Å². The van der Waals surface area contributed by atoms with Crippen LogP contribution in [0.15, 0.2) is 59.3 Å². The Kier molecular flexibility index (Phi) is 5.82. The molecule has 0 unspecified atom stereocenters. The van der Waals surface area contributed by atoms with E-state index in [1.54, 1.807) is 6.07 Å². The average molecular weight is 409 g/mol. The number of carbonyl (C=O) groups is 2. The van der Waals surface area contributed by atoms with Crippen molar-refractivity contribution in [3.8, 4) is 23.3 Å². The first-order valence-electron chi connectivity index (χ1n) is 8.78. The molecule has 0 radical (unpaired) electrons. The predicted molar refractivity (Wildman–Crippen MR) is 109 cm³/mol. The third kappa shape index (κ3) is 3.86. The van der Waals surface area contributed by atoms with Crippen molar-refractivity contribution in [1.82, 2.24) is 4.57 Å². The molecule has 0 fully saturated rings.